The minimum atomic E-state index is -0.424. The fourth-order valence-electron chi connectivity index (χ4n) is 1.16. The first kappa shape index (κ1) is 13.3. The van der Waals surface area contributed by atoms with Crippen LogP contribution in [0.3, 0.4) is 0 Å². The lowest BCUT2D eigenvalue weighted by Gasteiger charge is -2.01. The smallest absolute Gasteiger partial charge is 0.269 e. The van der Waals surface area contributed by atoms with Crippen LogP contribution in [0, 0.1) is 10.1 Å². The molecule has 17 heavy (non-hydrogen) atoms. The Morgan fingerprint density at radius 2 is 2.12 bits per heavy atom. The Hall–Kier alpha value is -1.76. The molecule has 1 aromatic rings. The third-order valence-corrected chi connectivity index (χ3v) is 3.12. The van der Waals surface area contributed by atoms with E-state index in [2.05, 4.69) is 5.16 Å². The molecule has 0 unspecified atom stereocenters. The first-order valence-electron chi connectivity index (χ1n) is 4.97. The average Bonchev–Trinajstić information content (AvgIpc) is 2.34. The number of nitrogens with zero attached hydrogens (tertiary/aromatic N) is 2. The predicted octanol–water partition coefficient (Wildman–Crippen LogP) is 2.21. The van der Waals surface area contributed by atoms with E-state index in [-0.39, 0.29) is 11.5 Å². The molecular formula is C10H13N3O3S. The number of non-ortho nitro benzene ring substituents is 1. The van der Waals surface area contributed by atoms with Gasteiger partial charge in [0, 0.05) is 23.4 Å². The second kappa shape index (κ2) is 6.74. The third-order valence-electron chi connectivity index (χ3n) is 2.02. The SMILES string of the molecule is N/C(CCCSc1ccc([N+](=O)[O-])cc1)=N\O. The highest BCUT2D eigenvalue weighted by Crippen LogP contribution is 2.22. The molecule has 1 aromatic carbocycles. The average molecular weight is 255 g/mol. The predicted molar refractivity (Wildman–Crippen MR) is 66.5 cm³/mol. The second-order valence-electron chi connectivity index (χ2n) is 3.29. The second-order valence-corrected chi connectivity index (χ2v) is 4.46. The molecule has 0 amide bonds. The van der Waals surface area contributed by atoms with Crippen molar-refractivity contribution in [1.29, 1.82) is 0 Å². The zero-order chi connectivity index (χ0) is 12.7. The van der Waals surface area contributed by atoms with Gasteiger partial charge in [0.15, 0.2) is 0 Å². The zero-order valence-electron chi connectivity index (χ0n) is 9.07. The van der Waals surface area contributed by atoms with Crippen molar-refractivity contribution in [3.63, 3.8) is 0 Å². The normalized spacial score (nSPS) is 11.4. The molecular weight excluding hydrogens is 242 g/mol. The maximum Gasteiger partial charge on any atom is 0.269 e. The Kier molecular flexibility index (Phi) is 5.28. The maximum atomic E-state index is 10.4. The van der Waals surface area contributed by atoms with E-state index in [4.69, 9.17) is 10.9 Å². The van der Waals surface area contributed by atoms with Gasteiger partial charge >= 0.3 is 0 Å². The number of nitro benzene ring substituents is 1. The van der Waals surface area contributed by atoms with Crippen LogP contribution in [0.1, 0.15) is 12.8 Å². The zero-order valence-corrected chi connectivity index (χ0v) is 9.89. The van der Waals surface area contributed by atoms with E-state index in [1.165, 1.54) is 12.1 Å². The summed E-state index contributed by atoms with van der Waals surface area (Å²) in [5.74, 6) is 1.03. The summed E-state index contributed by atoms with van der Waals surface area (Å²) in [6, 6.07) is 6.39. The standard InChI is InChI=1S/C10H13N3O3S/c11-10(12-14)2-1-7-17-9-5-3-8(4-6-9)13(15)16/h3-6,14H,1-2,7H2,(H2,11,12). The molecule has 0 spiro atoms. The van der Waals surface area contributed by atoms with Gasteiger partial charge in [-0.1, -0.05) is 5.16 Å². The van der Waals surface area contributed by atoms with Crippen LogP contribution in [-0.2, 0) is 0 Å². The van der Waals surface area contributed by atoms with Gasteiger partial charge in [-0.15, -0.1) is 11.8 Å². The van der Waals surface area contributed by atoms with Crippen molar-refractivity contribution < 1.29 is 10.1 Å². The number of nitro groups is 1. The Morgan fingerprint density at radius 1 is 1.47 bits per heavy atom. The summed E-state index contributed by atoms with van der Waals surface area (Å²) >= 11 is 1.58. The topological polar surface area (TPSA) is 102 Å². The maximum absolute atomic E-state index is 10.4. The largest absolute Gasteiger partial charge is 0.409 e. The van der Waals surface area contributed by atoms with Crippen LogP contribution in [0.15, 0.2) is 34.3 Å². The van der Waals surface area contributed by atoms with Gasteiger partial charge in [0.05, 0.1) is 4.92 Å². The minimum Gasteiger partial charge on any atom is -0.409 e. The molecule has 0 bridgehead atoms. The summed E-state index contributed by atoms with van der Waals surface area (Å²) in [6.07, 6.45) is 1.33. The lowest BCUT2D eigenvalue weighted by atomic mass is 10.3. The van der Waals surface area contributed by atoms with E-state index in [1.807, 2.05) is 0 Å². The fourth-order valence-corrected chi connectivity index (χ4v) is 2.01. The van der Waals surface area contributed by atoms with E-state index < -0.39 is 4.92 Å². The number of hydrogen-bond donors (Lipinski definition) is 2. The first-order valence-corrected chi connectivity index (χ1v) is 5.95. The van der Waals surface area contributed by atoms with Crippen LogP contribution in [0.5, 0.6) is 0 Å². The third kappa shape index (κ3) is 4.73. The molecule has 0 fully saturated rings. The van der Waals surface area contributed by atoms with Crippen molar-refractivity contribution >= 4 is 23.3 Å². The molecule has 0 aliphatic rings. The number of thioether (sulfide) groups is 1. The Bertz CT molecular complexity index is 406. The molecule has 1 rings (SSSR count). The van der Waals surface area contributed by atoms with E-state index in [0.717, 1.165) is 17.1 Å². The van der Waals surface area contributed by atoms with E-state index in [9.17, 15) is 10.1 Å². The molecule has 0 saturated heterocycles. The summed E-state index contributed by atoms with van der Waals surface area (Å²) in [4.78, 5) is 11.0. The Balaban J connectivity index is 2.35. The molecule has 0 aliphatic heterocycles. The molecule has 92 valence electrons. The summed E-state index contributed by atoms with van der Waals surface area (Å²) < 4.78 is 0. The van der Waals surface area contributed by atoms with E-state index in [0.29, 0.717) is 6.42 Å². The van der Waals surface area contributed by atoms with Crippen molar-refractivity contribution in [2.24, 2.45) is 10.9 Å². The van der Waals surface area contributed by atoms with Crippen molar-refractivity contribution in [3.05, 3.63) is 34.4 Å². The number of amidine groups is 1. The van der Waals surface area contributed by atoms with Crippen molar-refractivity contribution in [2.75, 3.05) is 5.75 Å². The molecule has 6 nitrogen and oxygen atoms in total. The van der Waals surface area contributed by atoms with Crippen molar-refractivity contribution in [3.8, 4) is 0 Å². The van der Waals surface area contributed by atoms with Crippen LogP contribution >= 0.6 is 11.8 Å². The van der Waals surface area contributed by atoms with Gasteiger partial charge in [-0.05, 0) is 24.3 Å². The molecule has 0 aliphatic carbocycles. The summed E-state index contributed by atoms with van der Waals surface area (Å²) in [5, 5.41) is 21.6. The molecule has 7 heteroatoms. The molecule has 3 N–H and O–H groups in total. The molecule has 0 atom stereocenters. The molecule has 0 radical (unpaired) electrons. The van der Waals surface area contributed by atoms with Gasteiger partial charge < -0.3 is 10.9 Å². The Labute approximate surface area is 103 Å². The van der Waals surface area contributed by atoms with Crippen LogP contribution in [-0.4, -0.2) is 21.7 Å². The van der Waals surface area contributed by atoms with Crippen LogP contribution in [0.4, 0.5) is 5.69 Å². The lowest BCUT2D eigenvalue weighted by molar-refractivity contribution is -0.384. The van der Waals surface area contributed by atoms with Gasteiger partial charge in [0.25, 0.3) is 5.69 Å². The van der Waals surface area contributed by atoms with Gasteiger partial charge in [0.1, 0.15) is 5.84 Å². The number of hydrogen-bond acceptors (Lipinski definition) is 5. The molecule has 0 heterocycles. The van der Waals surface area contributed by atoms with Gasteiger partial charge in [-0.3, -0.25) is 10.1 Å². The summed E-state index contributed by atoms with van der Waals surface area (Å²) in [5.41, 5.74) is 5.41. The summed E-state index contributed by atoms with van der Waals surface area (Å²) in [6.45, 7) is 0. The number of rotatable bonds is 6. The fraction of sp³-hybridized carbons (Fsp3) is 0.300. The highest BCUT2D eigenvalue weighted by Gasteiger charge is 2.03. The van der Waals surface area contributed by atoms with Crippen molar-refractivity contribution in [2.45, 2.75) is 17.7 Å². The quantitative estimate of drug-likeness (QED) is 0.154. The number of nitrogens with two attached hydrogens (primary N) is 1. The van der Waals surface area contributed by atoms with E-state index >= 15 is 0 Å². The molecule has 0 aromatic heterocycles. The minimum absolute atomic E-state index is 0.0889. The lowest BCUT2D eigenvalue weighted by Crippen LogP contribution is -2.11. The highest BCUT2D eigenvalue weighted by atomic mass is 32.2. The van der Waals surface area contributed by atoms with Crippen LogP contribution in [0.2, 0.25) is 0 Å². The molecule has 0 saturated carbocycles. The van der Waals surface area contributed by atoms with Crippen LogP contribution in [0.25, 0.3) is 0 Å². The monoisotopic (exact) mass is 255 g/mol. The Morgan fingerprint density at radius 3 is 2.65 bits per heavy atom. The first-order chi connectivity index (χ1) is 8.13. The van der Waals surface area contributed by atoms with Crippen LogP contribution < -0.4 is 5.73 Å². The van der Waals surface area contributed by atoms with E-state index in [1.54, 1.807) is 23.9 Å². The highest BCUT2D eigenvalue weighted by molar-refractivity contribution is 7.99. The van der Waals surface area contributed by atoms with Gasteiger partial charge in [0.2, 0.25) is 0 Å². The van der Waals surface area contributed by atoms with Gasteiger partial charge in [-0.25, -0.2) is 0 Å². The number of benzene rings is 1. The summed E-state index contributed by atoms with van der Waals surface area (Å²) in [7, 11) is 0. The van der Waals surface area contributed by atoms with Gasteiger partial charge in [-0.2, -0.15) is 0 Å². The number of oxime groups is 1. The van der Waals surface area contributed by atoms with Crippen molar-refractivity contribution in [1.82, 2.24) is 0 Å².